The van der Waals surface area contributed by atoms with Gasteiger partial charge in [-0.05, 0) is 28.1 Å². The summed E-state index contributed by atoms with van der Waals surface area (Å²) in [6.45, 7) is 0. The van der Waals surface area contributed by atoms with Crippen molar-refractivity contribution in [2.75, 3.05) is 0 Å². The molecule has 7 heteroatoms. The van der Waals surface area contributed by atoms with Gasteiger partial charge in [-0.1, -0.05) is 0 Å². The maximum absolute atomic E-state index is 12.2. The molecule has 0 atom stereocenters. The number of halogens is 4. The number of alkyl halides is 3. The predicted octanol–water partition coefficient (Wildman–Crippen LogP) is 2.74. The molecule has 2 aromatic heterocycles. The second kappa shape index (κ2) is 2.94. The molecule has 0 saturated heterocycles. The van der Waals surface area contributed by atoms with Crippen molar-refractivity contribution in [2.24, 2.45) is 0 Å². The van der Waals surface area contributed by atoms with E-state index in [1.807, 2.05) is 0 Å². The summed E-state index contributed by atoms with van der Waals surface area (Å²) in [5.74, 6) is -1.03. The highest BCUT2D eigenvalue weighted by Gasteiger charge is 2.34. The number of hydrogen-bond acceptors (Lipinski definition) is 2. The molecule has 0 aliphatic rings. The van der Waals surface area contributed by atoms with Gasteiger partial charge in [-0.3, -0.25) is 0 Å². The van der Waals surface area contributed by atoms with Crippen LogP contribution in [-0.4, -0.2) is 15.0 Å². The fourth-order valence-corrected chi connectivity index (χ4v) is 1.30. The first kappa shape index (κ1) is 9.45. The van der Waals surface area contributed by atoms with E-state index in [-0.39, 0.29) is 11.2 Å². The molecular weight excluding hydrogens is 263 g/mol. The van der Waals surface area contributed by atoms with Crippen LogP contribution in [0.5, 0.6) is 0 Å². The number of aromatic nitrogens is 3. The van der Waals surface area contributed by atoms with Gasteiger partial charge in [-0.2, -0.15) is 13.2 Å². The first-order valence-corrected chi connectivity index (χ1v) is 4.35. The Morgan fingerprint density at radius 3 is 2.57 bits per heavy atom. The van der Waals surface area contributed by atoms with Crippen LogP contribution < -0.4 is 0 Å². The van der Waals surface area contributed by atoms with Gasteiger partial charge in [0.15, 0.2) is 5.65 Å². The Labute approximate surface area is 84.5 Å². The molecule has 0 aromatic carbocycles. The van der Waals surface area contributed by atoms with Gasteiger partial charge in [-0.15, -0.1) is 0 Å². The summed E-state index contributed by atoms with van der Waals surface area (Å²) in [6.07, 6.45) is -4.47. The second-order valence-electron chi connectivity index (χ2n) is 2.59. The van der Waals surface area contributed by atoms with E-state index in [1.54, 1.807) is 6.07 Å². The summed E-state index contributed by atoms with van der Waals surface area (Å²) in [7, 11) is 0. The molecule has 0 saturated carbocycles. The highest BCUT2D eigenvalue weighted by molar-refractivity contribution is 9.10. The van der Waals surface area contributed by atoms with Crippen molar-refractivity contribution in [3.8, 4) is 0 Å². The van der Waals surface area contributed by atoms with Gasteiger partial charge >= 0.3 is 6.18 Å². The van der Waals surface area contributed by atoms with Crippen molar-refractivity contribution in [3.63, 3.8) is 0 Å². The number of imidazole rings is 1. The summed E-state index contributed by atoms with van der Waals surface area (Å²) >= 11 is 3.05. The molecule has 2 aromatic rings. The van der Waals surface area contributed by atoms with E-state index in [4.69, 9.17) is 0 Å². The van der Waals surface area contributed by atoms with Gasteiger partial charge in [0.1, 0.15) is 4.60 Å². The van der Waals surface area contributed by atoms with Gasteiger partial charge in [0, 0.05) is 0 Å². The first-order valence-electron chi connectivity index (χ1n) is 3.56. The number of rotatable bonds is 0. The van der Waals surface area contributed by atoms with Crippen LogP contribution in [0.3, 0.4) is 0 Å². The van der Waals surface area contributed by atoms with Crippen LogP contribution in [0.2, 0.25) is 0 Å². The van der Waals surface area contributed by atoms with Gasteiger partial charge in [0.2, 0.25) is 5.82 Å². The van der Waals surface area contributed by atoms with E-state index < -0.39 is 12.0 Å². The number of nitrogens with one attached hydrogen (secondary N) is 1. The normalized spacial score (nSPS) is 12.3. The van der Waals surface area contributed by atoms with Crippen molar-refractivity contribution in [1.82, 2.24) is 15.0 Å². The van der Waals surface area contributed by atoms with Crippen LogP contribution >= 0.6 is 15.9 Å². The van der Waals surface area contributed by atoms with Gasteiger partial charge in [0.05, 0.1) is 5.52 Å². The lowest BCUT2D eigenvalue weighted by atomic mass is 10.4. The molecule has 0 aliphatic carbocycles. The monoisotopic (exact) mass is 265 g/mol. The van der Waals surface area contributed by atoms with E-state index in [0.29, 0.717) is 4.60 Å². The Bertz CT molecular complexity index is 476. The van der Waals surface area contributed by atoms with E-state index in [0.717, 1.165) is 0 Å². The minimum absolute atomic E-state index is 0.0479. The van der Waals surface area contributed by atoms with Crippen molar-refractivity contribution < 1.29 is 13.2 Å². The highest BCUT2D eigenvalue weighted by atomic mass is 79.9. The van der Waals surface area contributed by atoms with Crippen LogP contribution in [0.1, 0.15) is 5.82 Å². The maximum atomic E-state index is 12.2. The lowest BCUT2D eigenvalue weighted by Gasteiger charge is -1.98. The third-order valence-electron chi connectivity index (χ3n) is 1.58. The van der Waals surface area contributed by atoms with Crippen LogP contribution in [0.15, 0.2) is 16.7 Å². The summed E-state index contributed by atoms with van der Waals surface area (Å²) in [5.41, 5.74) is 0.312. The fourth-order valence-electron chi connectivity index (χ4n) is 1.00. The zero-order chi connectivity index (χ0) is 10.3. The molecule has 0 fully saturated rings. The maximum Gasteiger partial charge on any atom is 0.449 e. The lowest BCUT2D eigenvalue weighted by molar-refractivity contribution is -0.144. The zero-order valence-electron chi connectivity index (χ0n) is 6.56. The van der Waals surface area contributed by atoms with Crippen LogP contribution in [0.4, 0.5) is 13.2 Å². The van der Waals surface area contributed by atoms with E-state index in [9.17, 15) is 13.2 Å². The van der Waals surface area contributed by atoms with Crippen LogP contribution in [0.25, 0.3) is 11.2 Å². The molecule has 3 nitrogen and oxygen atoms in total. The minimum atomic E-state index is -4.47. The third kappa shape index (κ3) is 1.59. The molecule has 2 rings (SSSR count). The van der Waals surface area contributed by atoms with Gasteiger partial charge < -0.3 is 4.98 Å². The predicted molar refractivity (Wildman–Crippen MR) is 46.6 cm³/mol. The second-order valence-corrected chi connectivity index (χ2v) is 3.40. The van der Waals surface area contributed by atoms with E-state index in [1.165, 1.54) is 6.07 Å². The van der Waals surface area contributed by atoms with Gasteiger partial charge in [0.25, 0.3) is 0 Å². The number of aromatic amines is 1. The number of nitrogens with zero attached hydrogens (tertiary/aromatic N) is 2. The zero-order valence-corrected chi connectivity index (χ0v) is 8.15. The molecule has 1 N–H and O–H groups in total. The van der Waals surface area contributed by atoms with Crippen molar-refractivity contribution in [3.05, 3.63) is 22.6 Å². The Balaban J connectivity index is 2.63. The fraction of sp³-hybridized carbons (Fsp3) is 0.143. The Kier molecular flexibility index (Phi) is 1.99. The number of pyridine rings is 1. The molecule has 0 bridgehead atoms. The summed E-state index contributed by atoms with van der Waals surface area (Å²) in [6, 6.07) is 3.02. The number of H-pyrrole nitrogens is 1. The van der Waals surface area contributed by atoms with E-state index >= 15 is 0 Å². The largest absolute Gasteiger partial charge is 0.449 e. The molecule has 14 heavy (non-hydrogen) atoms. The van der Waals surface area contributed by atoms with Crippen LogP contribution in [0, 0.1) is 0 Å². The summed E-state index contributed by atoms with van der Waals surface area (Å²) in [4.78, 5) is 9.25. The highest BCUT2D eigenvalue weighted by Crippen LogP contribution is 2.28. The first-order chi connectivity index (χ1) is 6.47. The van der Waals surface area contributed by atoms with Crippen LogP contribution in [-0.2, 0) is 6.18 Å². The van der Waals surface area contributed by atoms with Gasteiger partial charge in [-0.25, -0.2) is 9.97 Å². The average Bonchev–Trinajstić information content (AvgIpc) is 2.45. The standard InChI is InChI=1S/C7H3BrF3N3/c8-4-2-1-3-5(13-4)14-6(12-3)7(9,10)11/h1-2H,(H,12,13,14). The number of hydrogen-bond donors (Lipinski definition) is 1. The smallest absolute Gasteiger partial charge is 0.333 e. The molecule has 2 heterocycles. The number of fused-ring (bicyclic) bond motifs is 1. The van der Waals surface area contributed by atoms with Crippen molar-refractivity contribution in [1.29, 1.82) is 0 Å². The molecular formula is C7H3BrF3N3. The molecule has 0 amide bonds. The molecule has 0 aliphatic heterocycles. The van der Waals surface area contributed by atoms with Crippen molar-refractivity contribution >= 4 is 27.1 Å². The molecule has 0 spiro atoms. The Morgan fingerprint density at radius 1 is 1.21 bits per heavy atom. The Hall–Kier alpha value is -1.11. The summed E-state index contributed by atoms with van der Waals surface area (Å²) in [5, 5.41) is 0. The quantitative estimate of drug-likeness (QED) is 0.745. The van der Waals surface area contributed by atoms with E-state index in [2.05, 4.69) is 30.9 Å². The lowest BCUT2D eigenvalue weighted by Crippen LogP contribution is -2.06. The molecule has 0 unspecified atom stereocenters. The average molecular weight is 266 g/mol. The summed E-state index contributed by atoms with van der Waals surface area (Å²) < 4.78 is 37.0. The molecule has 74 valence electrons. The minimum Gasteiger partial charge on any atom is -0.333 e. The Morgan fingerprint density at radius 2 is 1.93 bits per heavy atom. The topological polar surface area (TPSA) is 41.6 Å². The van der Waals surface area contributed by atoms with Crippen molar-refractivity contribution in [2.45, 2.75) is 6.18 Å². The SMILES string of the molecule is FC(F)(F)c1nc2nc(Br)ccc2[nH]1. The molecule has 0 radical (unpaired) electrons. The third-order valence-corrected chi connectivity index (χ3v) is 2.02.